The molecule has 2 aromatic rings. The van der Waals surface area contributed by atoms with Gasteiger partial charge in [0.1, 0.15) is 30.2 Å². The van der Waals surface area contributed by atoms with Crippen LogP contribution in [0.15, 0.2) is 54.6 Å². The van der Waals surface area contributed by atoms with Crippen molar-refractivity contribution < 1.29 is 29.2 Å². The largest absolute Gasteiger partial charge is 0.462 e. The first-order valence-corrected chi connectivity index (χ1v) is 11.9. The van der Waals surface area contributed by atoms with Crippen LogP contribution in [0.25, 0.3) is 0 Å². The smallest absolute Gasteiger partial charge is 0.229 e. The van der Waals surface area contributed by atoms with Crippen molar-refractivity contribution in [2.45, 2.75) is 63.4 Å². The first kappa shape index (κ1) is 22.9. The average molecular weight is 433 g/mol. The number of benzene rings is 2. The molecule has 6 atom stereocenters. The van der Waals surface area contributed by atoms with E-state index in [1.807, 2.05) is 37.3 Å². The van der Waals surface area contributed by atoms with Gasteiger partial charge in [0, 0.05) is 0 Å². The van der Waals surface area contributed by atoms with E-state index in [0.29, 0.717) is 5.75 Å². The predicted molar refractivity (Wildman–Crippen MR) is 117 cm³/mol. The Morgan fingerprint density at radius 1 is 0.900 bits per heavy atom. The summed E-state index contributed by atoms with van der Waals surface area (Å²) in [6.07, 6.45) is -5.97. The van der Waals surface area contributed by atoms with Crippen LogP contribution in [0.2, 0.25) is 5.04 Å². The molecular weight excluding hydrogens is 400 g/mol. The van der Waals surface area contributed by atoms with E-state index in [-0.39, 0.29) is 11.6 Å². The van der Waals surface area contributed by atoms with Gasteiger partial charge in [-0.2, -0.15) is 0 Å². The molecule has 1 fully saturated rings. The Morgan fingerprint density at radius 2 is 1.53 bits per heavy atom. The molecule has 0 saturated carbocycles. The lowest BCUT2D eigenvalue weighted by atomic mass is 9.99. The summed E-state index contributed by atoms with van der Waals surface area (Å²) in [6, 6.07) is 17.4. The maximum Gasteiger partial charge on any atom is 0.229 e. The third-order valence-electron chi connectivity index (χ3n) is 5.26. The summed E-state index contributed by atoms with van der Waals surface area (Å²) in [7, 11) is -1.89. The molecule has 3 rings (SSSR count). The van der Waals surface area contributed by atoms with Crippen molar-refractivity contribution in [2.75, 3.05) is 6.61 Å². The van der Waals surface area contributed by atoms with E-state index in [9.17, 15) is 15.3 Å². The molecule has 0 aromatic heterocycles. The van der Waals surface area contributed by atoms with Crippen LogP contribution >= 0.6 is 0 Å². The number of aliphatic hydroxyl groups excluding tert-OH is 3. The minimum Gasteiger partial charge on any atom is -0.462 e. The molecule has 1 aliphatic heterocycles. The zero-order valence-electron chi connectivity index (χ0n) is 17.9. The van der Waals surface area contributed by atoms with Gasteiger partial charge in [0.25, 0.3) is 0 Å². The monoisotopic (exact) mass is 432 g/mol. The van der Waals surface area contributed by atoms with Crippen molar-refractivity contribution in [3.63, 3.8) is 0 Å². The zero-order valence-corrected chi connectivity index (χ0v) is 19.1. The second-order valence-corrected chi connectivity index (χ2v) is 12.4. The van der Waals surface area contributed by atoms with Crippen LogP contribution in [0.4, 0.5) is 0 Å². The van der Waals surface area contributed by atoms with E-state index < -0.39 is 39.7 Å². The van der Waals surface area contributed by atoms with Crippen LogP contribution < -0.4 is 9.92 Å². The van der Waals surface area contributed by atoms with Gasteiger partial charge in [-0.1, -0.05) is 68.8 Å². The Balaban J connectivity index is 1.71. The number of aliphatic hydroxyl groups is 3. The van der Waals surface area contributed by atoms with Crippen molar-refractivity contribution >= 4 is 14.2 Å². The van der Waals surface area contributed by atoms with Gasteiger partial charge in [0.2, 0.25) is 15.3 Å². The van der Waals surface area contributed by atoms with Crippen molar-refractivity contribution in [1.29, 1.82) is 0 Å². The van der Waals surface area contributed by atoms with Gasteiger partial charge in [-0.15, -0.1) is 0 Å². The molecule has 2 aromatic carbocycles. The number of hydrogen-bond donors (Lipinski definition) is 3. The Bertz CT molecular complexity index is 792. The molecule has 1 aliphatic rings. The second kappa shape index (κ2) is 9.59. The molecule has 3 N–H and O–H groups in total. The number of hydrogen-bond acceptors (Lipinski definition) is 6. The topological polar surface area (TPSA) is 88.4 Å². The molecule has 0 aliphatic carbocycles. The molecule has 6 unspecified atom stereocenters. The Morgan fingerprint density at radius 3 is 2.13 bits per heavy atom. The van der Waals surface area contributed by atoms with Crippen molar-refractivity contribution in [2.24, 2.45) is 0 Å². The maximum absolute atomic E-state index is 10.5. The Hall–Kier alpha value is -1.74. The highest BCUT2D eigenvalue weighted by atomic mass is 28.3. The SMILES string of the molecule is Cc1ccc(OC2OC(CO[SiH](c3ccccc3)C(C)(C)C)C(O)C(O)C2O)cc1. The lowest BCUT2D eigenvalue weighted by molar-refractivity contribution is -0.276. The third kappa shape index (κ3) is 5.49. The second-order valence-electron chi connectivity index (χ2n) is 8.94. The molecule has 30 heavy (non-hydrogen) atoms. The van der Waals surface area contributed by atoms with E-state index in [1.54, 1.807) is 12.1 Å². The summed E-state index contributed by atoms with van der Waals surface area (Å²) in [4.78, 5) is 0. The summed E-state index contributed by atoms with van der Waals surface area (Å²) < 4.78 is 17.9. The van der Waals surface area contributed by atoms with Gasteiger partial charge in [-0.25, -0.2) is 0 Å². The fourth-order valence-electron chi connectivity index (χ4n) is 3.57. The number of rotatable bonds is 6. The summed E-state index contributed by atoms with van der Waals surface area (Å²) in [5.41, 5.74) is 1.08. The average Bonchev–Trinajstić information content (AvgIpc) is 2.71. The zero-order chi connectivity index (χ0) is 21.9. The van der Waals surface area contributed by atoms with E-state index in [0.717, 1.165) is 10.8 Å². The Labute approximate surface area is 179 Å². The molecule has 1 saturated heterocycles. The fraction of sp³-hybridized carbons (Fsp3) is 0.478. The molecule has 6 nitrogen and oxygen atoms in total. The quantitative estimate of drug-likeness (QED) is 0.602. The standard InChI is InChI=1S/C23H32O6Si/c1-15-10-12-16(13-11-15)28-22-21(26)20(25)19(24)18(29-22)14-27-30(23(2,3)4)17-8-6-5-7-9-17/h5-13,18-22,24-26,30H,14H2,1-4H3. The first-order chi connectivity index (χ1) is 14.2. The van der Waals surface area contributed by atoms with E-state index in [1.165, 1.54) is 0 Å². The number of ether oxygens (including phenoxy) is 2. The summed E-state index contributed by atoms with van der Waals surface area (Å²) in [6.45, 7) is 8.47. The lowest BCUT2D eigenvalue weighted by Crippen LogP contribution is -2.60. The van der Waals surface area contributed by atoms with Crippen LogP contribution in [0.1, 0.15) is 26.3 Å². The van der Waals surface area contributed by atoms with Gasteiger partial charge in [-0.3, -0.25) is 0 Å². The molecular formula is C23H32O6Si. The van der Waals surface area contributed by atoms with Crippen molar-refractivity contribution in [1.82, 2.24) is 0 Å². The molecule has 0 radical (unpaired) electrons. The molecule has 164 valence electrons. The summed E-state index contributed by atoms with van der Waals surface area (Å²) >= 11 is 0. The molecule has 0 amide bonds. The molecule has 7 heteroatoms. The van der Waals surface area contributed by atoms with Crippen molar-refractivity contribution in [3.8, 4) is 5.75 Å². The highest BCUT2D eigenvalue weighted by Gasteiger charge is 2.45. The van der Waals surface area contributed by atoms with E-state index in [2.05, 4.69) is 32.9 Å². The third-order valence-corrected chi connectivity index (χ3v) is 8.35. The highest BCUT2D eigenvalue weighted by molar-refractivity contribution is 6.70. The van der Waals surface area contributed by atoms with Gasteiger partial charge in [0.15, 0.2) is 0 Å². The summed E-state index contributed by atoms with van der Waals surface area (Å²) in [5, 5.41) is 32.2. The molecule has 0 bridgehead atoms. The van der Waals surface area contributed by atoms with Crippen LogP contribution in [-0.2, 0) is 9.16 Å². The van der Waals surface area contributed by atoms with E-state index in [4.69, 9.17) is 13.9 Å². The number of aryl methyl sites for hydroxylation is 1. The summed E-state index contributed by atoms with van der Waals surface area (Å²) in [5.74, 6) is 0.513. The maximum atomic E-state index is 10.5. The van der Waals surface area contributed by atoms with Gasteiger partial charge >= 0.3 is 0 Å². The van der Waals surface area contributed by atoms with Crippen LogP contribution in [0, 0.1) is 6.92 Å². The Kier molecular flexibility index (Phi) is 7.33. The first-order valence-electron chi connectivity index (χ1n) is 10.3. The van der Waals surface area contributed by atoms with E-state index >= 15 is 0 Å². The minimum atomic E-state index is -1.89. The van der Waals surface area contributed by atoms with Gasteiger partial charge in [0.05, 0.1) is 6.61 Å². The van der Waals surface area contributed by atoms with Crippen LogP contribution in [0.5, 0.6) is 5.75 Å². The van der Waals surface area contributed by atoms with Crippen LogP contribution in [0.3, 0.4) is 0 Å². The highest BCUT2D eigenvalue weighted by Crippen LogP contribution is 2.29. The molecule has 1 heterocycles. The predicted octanol–water partition coefficient (Wildman–Crippen LogP) is 1.63. The van der Waals surface area contributed by atoms with Crippen molar-refractivity contribution in [3.05, 3.63) is 60.2 Å². The van der Waals surface area contributed by atoms with Gasteiger partial charge in [-0.05, 0) is 29.3 Å². The molecule has 0 spiro atoms. The minimum absolute atomic E-state index is 0.0586. The normalized spacial score (nSPS) is 28.2. The van der Waals surface area contributed by atoms with Crippen LogP contribution in [-0.4, -0.2) is 61.7 Å². The van der Waals surface area contributed by atoms with Gasteiger partial charge < -0.3 is 29.2 Å². The fourth-order valence-corrected chi connectivity index (χ4v) is 6.21. The lowest BCUT2D eigenvalue weighted by Gasteiger charge is -2.41.